The molecule has 2 unspecified atom stereocenters. The molecule has 1 aromatic rings. The first-order valence-electron chi connectivity index (χ1n) is 6.01. The smallest absolute Gasteiger partial charge is 0.331 e. The first-order valence-corrected chi connectivity index (χ1v) is 6.01. The largest absolute Gasteiger partial charge is 0.478 e. The highest BCUT2D eigenvalue weighted by Crippen LogP contribution is 2.36. The zero-order chi connectivity index (χ0) is 15.7. The van der Waals surface area contributed by atoms with Crippen molar-refractivity contribution in [3.63, 3.8) is 0 Å². The van der Waals surface area contributed by atoms with Crippen LogP contribution in [-0.4, -0.2) is 22.0 Å². The van der Waals surface area contributed by atoms with Crippen LogP contribution in [-0.2, 0) is 4.79 Å². The van der Waals surface area contributed by atoms with Crippen molar-refractivity contribution in [2.75, 3.05) is 0 Å². The van der Waals surface area contributed by atoms with Gasteiger partial charge < -0.3 is 5.11 Å². The Morgan fingerprint density at radius 3 is 2.43 bits per heavy atom. The van der Waals surface area contributed by atoms with Gasteiger partial charge in [0.05, 0.1) is 5.92 Å². The summed E-state index contributed by atoms with van der Waals surface area (Å²) in [6.45, 7) is 0. The molecule has 2 rings (SSSR count). The van der Waals surface area contributed by atoms with E-state index in [0.717, 1.165) is 0 Å². The molecule has 1 aliphatic carbocycles. The number of nitro groups is 1. The van der Waals surface area contributed by atoms with Crippen LogP contribution < -0.4 is 0 Å². The summed E-state index contributed by atoms with van der Waals surface area (Å²) >= 11 is 0. The van der Waals surface area contributed by atoms with Gasteiger partial charge in [-0.1, -0.05) is 6.08 Å². The number of halogens is 3. The second-order valence-corrected chi connectivity index (χ2v) is 4.72. The molecule has 2 atom stereocenters. The SMILES string of the molecule is O=C(O)C1=CCC(c2cc(F)c(F)cc2F)C([N+](=O)[O-])C1. The molecule has 0 radical (unpaired) electrons. The summed E-state index contributed by atoms with van der Waals surface area (Å²) in [6, 6.07) is -0.482. The molecule has 1 aliphatic rings. The van der Waals surface area contributed by atoms with Gasteiger partial charge in [-0.05, 0) is 12.5 Å². The fourth-order valence-corrected chi connectivity index (χ4v) is 2.43. The van der Waals surface area contributed by atoms with Crippen molar-refractivity contribution in [2.45, 2.75) is 24.8 Å². The summed E-state index contributed by atoms with van der Waals surface area (Å²) in [4.78, 5) is 21.2. The second kappa shape index (κ2) is 5.55. The van der Waals surface area contributed by atoms with Gasteiger partial charge in [0.2, 0.25) is 6.04 Å². The zero-order valence-electron chi connectivity index (χ0n) is 10.6. The van der Waals surface area contributed by atoms with E-state index in [2.05, 4.69) is 0 Å². The number of carboxylic acid groups (broad SMARTS) is 1. The van der Waals surface area contributed by atoms with E-state index in [1.54, 1.807) is 0 Å². The summed E-state index contributed by atoms with van der Waals surface area (Å²) in [5.41, 5.74) is -0.466. The molecule has 0 aliphatic heterocycles. The Labute approximate surface area is 116 Å². The van der Waals surface area contributed by atoms with Gasteiger partial charge in [-0.3, -0.25) is 10.1 Å². The van der Waals surface area contributed by atoms with E-state index in [4.69, 9.17) is 5.11 Å². The fourth-order valence-electron chi connectivity index (χ4n) is 2.43. The van der Waals surface area contributed by atoms with Crippen LogP contribution in [0, 0.1) is 27.6 Å². The number of hydrogen-bond acceptors (Lipinski definition) is 3. The highest BCUT2D eigenvalue weighted by molar-refractivity contribution is 5.86. The lowest BCUT2D eigenvalue weighted by molar-refractivity contribution is -0.526. The lowest BCUT2D eigenvalue weighted by atomic mass is 9.80. The van der Waals surface area contributed by atoms with Crippen molar-refractivity contribution in [1.29, 1.82) is 0 Å². The lowest BCUT2D eigenvalue weighted by Crippen LogP contribution is -2.32. The quantitative estimate of drug-likeness (QED) is 0.528. The standard InChI is InChI=1S/C13H10F3NO4/c14-9-5-11(16)10(15)4-8(9)7-2-1-6(13(18)19)3-12(7)17(20)21/h1,4-5,7,12H,2-3H2,(H,18,19). The summed E-state index contributed by atoms with van der Waals surface area (Å²) in [5.74, 6) is -6.10. The predicted octanol–water partition coefficient (Wildman–Crippen LogP) is 2.64. The minimum Gasteiger partial charge on any atom is -0.478 e. The van der Waals surface area contributed by atoms with E-state index in [1.165, 1.54) is 6.08 Å². The van der Waals surface area contributed by atoms with Crippen LogP contribution in [0.1, 0.15) is 24.3 Å². The average molecular weight is 301 g/mol. The van der Waals surface area contributed by atoms with Gasteiger partial charge in [0.25, 0.3) is 0 Å². The molecule has 112 valence electrons. The molecule has 1 aromatic carbocycles. The molecule has 21 heavy (non-hydrogen) atoms. The fraction of sp³-hybridized carbons (Fsp3) is 0.308. The molecule has 0 saturated carbocycles. The maximum absolute atomic E-state index is 13.7. The van der Waals surface area contributed by atoms with Crippen molar-refractivity contribution in [3.05, 3.63) is 56.9 Å². The first kappa shape index (κ1) is 15.0. The number of carbonyl (C=O) groups is 1. The Morgan fingerprint density at radius 2 is 1.86 bits per heavy atom. The summed E-state index contributed by atoms with van der Waals surface area (Å²) < 4.78 is 39.9. The van der Waals surface area contributed by atoms with Gasteiger partial charge in [-0.2, -0.15) is 0 Å². The van der Waals surface area contributed by atoms with E-state index in [0.29, 0.717) is 12.1 Å². The molecule has 0 spiro atoms. The Morgan fingerprint density at radius 1 is 1.24 bits per heavy atom. The molecule has 0 aromatic heterocycles. The second-order valence-electron chi connectivity index (χ2n) is 4.72. The van der Waals surface area contributed by atoms with Gasteiger partial charge in [-0.25, -0.2) is 18.0 Å². The molecule has 0 fully saturated rings. The van der Waals surface area contributed by atoms with Crippen molar-refractivity contribution in [1.82, 2.24) is 0 Å². The van der Waals surface area contributed by atoms with Crippen LogP contribution >= 0.6 is 0 Å². The van der Waals surface area contributed by atoms with E-state index in [9.17, 15) is 28.1 Å². The summed E-state index contributed by atoms with van der Waals surface area (Å²) in [7, 11) is 0. The van der Waals surface area contributed by atoms with Crippen LogP contribution in [0.5, 0.6) is 0 Å². The molecular formula is C13H10F3NO4. The van der Waals surface area contributed by atoms with Crippen LogP contribution in [0.15, 0.2) is 23.8 Å². The predicted molar refractivity (Wildman–Crippen MR) is 64.8 cm³/mol. The highest BCUT2D eigenvalue weighted by Gasteiger charge is 2.39. The lowest BCUT2D eigenvalue weighted by Gasteiger charge is -2.25. The van der Waals surface area contributed by atoms with Crippen LogP contribution in [0.2, 0.25) is 0 Å². The maximum atomic E-state index is 13.7. The zero-order valence-corrected chi connectivity index (χ0v) is 10.6. The Balaban J connectivity index is 2.45. The van der Waals surface area contributed by atoms with Crippen LogP contribution in [0.3, 0.4) is 0 Å². The average Bonchev–Trinajstić information content (AvgIpc) is 2.42. The third-order valence-electron chi connectivity index (χ3n) is 3.50. The Bertz CT molecular complexity index is 645. The topological polar surface area (TPSA) is 80.4 Å². The molecule has 0 amide bonds. The van der Waals surface area contributed by atoms with Crippen molar-refractivity contribution < 1.29 is 28.0 Å². The molecule has 8 heteroatoms. The van der Waals surface area contributed by atoms with Gasteiger partial charge in [0, 0.05) is 28.5 Å². The third-order valence-corrected chi connectivity index (χ3v) is 3.50. The van der Waals surface area contributed by atoms with E-state index >= 15 is 0 Å². The minimum absolute atomic E-state index is 0.130. The normalized spacial score (nSPS) is 21.8. The van der Waals surface area contributed by atoms with Crippen molar-refractivity contribution in [2.24, 2.45) is 0 Å². The number of carboxylic acids is 1. The molecule has 0 heterocycles. The van der Waals surface area contributed by atoms with Crippen LogP contribution in [0.4, 0.5) is 13.2 Å². The monoisotopic (exact) mass is 301 g/mol. The van der Waals surface area contributed by atoms with E-state index in [-0.39, 0.29) is 17.6 Å². The van der Waals surface area contributed by atoms with Gasteiger partial charge in [-0.15, -0.1) is 0 Å². The summed E-state index contributed by atoms with van der Waals surface area (Å²) in [5, 5.41) is 19.9. The number of benzene rings is 1. The third kappa shape index (κ3) is 2.88. The minimum atomic E-state index is -1.40. The Hall–Kier alpha value is -2.38. The van der Waals surface area contributed by atoms with Gasteiger partial charge >= 0.3 is 5.97 Å². The van der Waals surface area contributed by atoms with Crippen molar-refractivity contribution in [3.8, 4) is 0 Å². The van der Waals surface area contributed by atoms with Crippen molar-refractivity contribution >= 4 is 5.97 Å². The summed E-state index contributed by atoms with van der Waals surface area (Å²) in [6.07, 6.45) is 0.717. The van der Waals surface area contributed by atoms with E-state index < -0.39 is 46.7 Å². The molecule has 0 saturated heterocycles. The van der Waals surface area contributed by atoms with Gasteiger partial charge in [0.15, 0.2) is 11.6 Å². The van der Waals surface area contributed by atoms with E-state index in [1.807, 2.05) is 0 Å². The number of aliphatic carboxylic acids is 1. The molecular weight excluding hydrogens is 291 g/mol. The number of rotatable bonds is 3. The molecule has 5 nitrogen and oxygen atoms in total. The Kier molecular flexibility index (Phi) is 3.97. The first-order chi connectivity index (χ1) is 9.81. The number of hydrogen-bond donors (Lipinski definition) is 1. The molecule has 0 bridgehead atoms. The number of allylic oxidation sites excluding steroid dienone is 1. The van der Waals surface area contributed by atoms with Gasteiger partial charge in [0.1, 0.15) is 5.82 Å². The van der Waals surface area contributed by atoms with Crippen LogP contribution in [0.25, 0.3) is 0 Å². The number of nitrogens with zero attached hydrogens (tertiary/aromatic N) is 1. The molecule has 1 N–H and O–H groups in total. The highest BCUT2D eigenvalue weighted by atomic mass is 19.2. The maximum Gasteiger partial charge on any atom is 0.331 e.